The van der Waals surface area contributed by atoms with Gasteiger partial charge in [-0.1, -0.05) is 34.1 Å². The summed E-state index contributed by atoms with van der Waals surface area (Å²) in [5, 5.41) is 8.64. The number of rotatable bonds is 6. The van der Waals surface area contributed by atoms with Crippen LogP contribution in [-0.4, -0.2) is 18.2 Å². The third-order valence-electron chi connectivity index (χ3n) is 2.89. The molecule has 0 radical (unpaired) electrons. The van der Waals surface area contributed by atoms with Gasteiger partial charge in [-0.3, -0.25) is 0 Å². The van der Waals surface area contributed by atoms with Crippen LogP contribution in [-0.2, 0) is 11.4 Å². The molecule has 114 valence electrons. The minimum absolute atomic E-state index is 0.417. The second-order valence-corrected chi connectivity index (χ2v) is 5.42. The minimum atomic E-state index is -0.992. The number of methoxy groups -OCH3 is 1. The molecule has 0 saturated carbocycles. The van der Waals surface area contributed by atoms with Crippen LogP contribution in [0.1, 0.15) is 11.1 Å². The van der Waals surface area contributed by atoms with Crippen LogP contribution in [0.3, 0.4) is 0 Å². The van der Waals surface area contributed by atoms with E-state index in [1.54, 1.807) is 25.3 Å². The van der Waals surface area contributed by atoms with Crippen molar-refractivity contribution in [2.45, 2.75) is 6.61 Å². The van der Waals surface area contributed by atoms with Gasteiger partial charge in [-0.2, -0.15) is 0 Å². The molecule has 0 bridgehead atoms. The van der Waals surface area contributed by atoms with Gasteiger partial charge in [0.15, 0.2) is 11.5 Å². The Bertz CT molecular complexity index is 695. The standard InChI is InChI=1S/C17H15BrO4/c1-21-16-10-12(6-8-17(19)20)5-7-15(16)22-11-13-3-2-4-14(18)9-13/h2-10H,11H2,1H3,(H,19,20)/b8-6+. The maximum absolute atomic E-state index is 10.5. The topological polar surface area (TPSA) is 55.8 Å². The predicted octanol–water partition coefficient (Wildman–Crippen LogP) is 4.13. The van der Waals surface area contributed by atoms with E-state index in [2.05, 4.69) is 15.9 Å². The third kappa shape index (κ3) is 4.63. The fourth-order valence-electron chi connectivity index (χ4n) is 1.86. The molecule has 0 aliphatic carbocycles. The minimum Gasteiger partial charge on any atom is -0.493 e. The summed E-state index contributed by atoms with van der Waals surface area (Å²) in [6.45, 7) is 0.417. The van der Waals surface area contributed by atoms with Crippen LogP contribution in [0.2, 0.25) is 0 Å². The zero-order chi connectivity index (χ0) is 15.9. The number of carboxylic acid groups (broad SMARTS) is 1. The van der Waals surface area contributed by atoms with Gasteiger partial charge in [-0.25, -0.2) is 4.79 Å². The maximum atomic E-state index is 10.5. The van der Waals surface area contributed by atoms with E-state index in [0.717, 1.165) is 21.7 Å². The van der Waals surface area contributed by atoms with Crippen molar-refractivity contribution < 1.29 is 19.4 Å². The van der Waals surface area contributed by atoms with Gasteiger partial charge in [0, 0.05) is 10.5 Å². The molecule has 0 aliphatic heterocycles. The second kappa shape index (κ2) is 7.66. The fraction of sp³-hybridized carbons (Fsp3) is 0.118. The molecule has 0 heterocycles. The Labute approximate surface area is 137 Å². The first-order chi connectivity index (χ1) is 10.6. The van der Waals surface area contributed by atoms with Gasteiger partial charge in [0.05, 0.1) is 7.11 Å². The Morgan fingerprint density at radius 3 is 2.73 bits per heavy atom. The van der Waals surface area contributed by atoms with Gasteiger partial charge >= 0.3 is 5.97 Å². The number of hydrogen-bond acceptors (Lipinski definition) is 3. The van der Waals surface area contributed by atoms with Gasteiger partial charge in [0.1, 0.15) is 6.61 Å². The summed E-state index contributed by atoms with van der Waals surface area (Å²) in [6.07, 6.45) is 2.58. The summed E-state index contributed by atoms with van der Waals surface area (Å²) >= 11 is 3.42. The Morgan fingerprint density at radius 2 is 2.05 bits per heavy atom. The van der Waals surface area contributed by atoms with Crippen LogP contribution in [0.15, 0.2) is 53.0 Å². The summed E-state index contributed by atoms with van der Waals surface area (Å²) < 4.78 is 12.0. The predicted molar refractivity (Wildman–Crippen MR) is 88.1 cm³/mol. The molecule has 22 heavy (non-hydrogen) atoms. The fourth-order valence-corrected chi connectivity index (χ4v) is 2.31. The highest BCUT2D eigenvalue weighted by Gasteiger charge is 2.06. The second-order valence-electron chi connectivity index (χ2n) is 4.50. The average molecular weight is 363 g/mol. The van der Waals surface area contributed by atoms with Crippen molar-refractivity contribution in [3.8, 4) is 11.5 Å². The lowest BCUT2D eigenvalue weighted by molar-refractivity contribution is -0.131. The molecule has 4 nitrogen and oxygen atoms in total. The molecular formula is C17H15BrO4. The summed E-state index contributed by atoms with van der Waals surface area (Å²) in [5.41, 5.74) is 1.76. The van der Waals surface area contributed by atoms with Crippen molar-refractivity contribution >= 4 is 28.0 Å². The lowest BCUT2D eigenvalue weighted by Crippen LogP contribution is -1.98. The first-order valence-corrected chi connectivity index (χ1v) is 7.34. The van der Waals surface area contributed by atoms with E-state index in [9.17, 15) is 4.79 Å². The monoisotopic (exact) mass is 362 g/mol. The van der Waals surface area contributed by atoms with Crippen molar-refractivity contribution in [3.05, 3.63) is 64.1 Å². The number of aliphatic carboxylic acids is 1. The molecule has 0 unspecified atom stereocenters. The number of halogens is 1. The number of ether oxygens (including phenoxy) is 2. The average Bonchev–Trinajstić information content (AvgIpc) is 2.51. The summed E-state index contributed by atoms with van der Waals surface area (Å²) in [6, 6.07) is 13.1. The highest BCUT2D eigenvalue weighted by molar-refractivity contribution is 9.10. The molecule has 2 rings (SSSR count). The quantitative estimate of drug-likeness (QED) is 0.784. The van der Waals surface area contributed by atoms with E-state index in [1.807, 2.05) is 24.3 Å². The van der Waals surface area contributed by atoms with Crippen LogP contribution in [0.25, 0.3) is 6.08 Å². The number of hydrogen-bond donors (Lipinski definition) is 1. The van der Waals surface area contributed by atoms with Crippen LogP contribution < -0.4 is 9.47 Å². The molecule has 0 saturated heterocycles. The molecule has 0 aromatic heterocycles. The summed E-state index contributed by atoms with van der Waals surface area (Å²) in [4.78, 5) is 10.5. The summed E-state index contributed by atoms with van der Waals surface area (Å²) in [5.74, 6) is 0.173. The van der Waals surface area contributed by atoms with Crippen molar-refractivity contribution in [3.63, 3.8) is 0 Å². The van der Waals surface area contributed by atoms with Crippen molar-refractivity contribution in [2.24, 2.45) is 0 Å². The van der Waals surface area contributed by atoms with Crippen molar-refractivity contribution in [1.29, 1.82) is 0 Å². The van der Waals surface area contributed by atoms with Gasteiger partial charge in [-0.15, -0.1) is 0 Å². The first-order valence-electron chi connectivity index (χ1n) is 6.55. The molecular weight excluding hydrogens is 348 g/mol. The number of benzene rings is 2. The molecule has 0 fully saturated rings. The normalized spacial score (nSPS) is 10.6. The van der Waals surface area contributed by atoms with E-state index in [1.165, 1.54) is 6.08 Å². The van der Waals surface area contributed by atoms with Crippen LogP contribution >= 0.6 is 15.9 Å². The zero-order valence-corrected chi connectivity index (χ0v) is 13.5. The Balaban J connectivity index is 2.12. The van der Waals surface area contributed by atoms with Crippen molar-refractivity contribution in [2.75, 3.05) is 7.11 Å². The van der Waals surface area contributed by atoms with Crippen LogP contribution in [0, 0.1) is 0 Å². The van der Waals surface area contributed by atoms with Gasteiger partial charge < -0.3 is 14.6 Å². The van der Waals surface area contributed by atoms with E-state index in [4.69, 9.17) is 14.6 Å². The number of carboxylic acids is 1. The molecule has 2 aromatic carbocycles. The lowest BCUT2D eigenvalue weighted by atomic mass is 10.2. The van der Waals surface area contributed by atoms with Gasteiger partial charge in [0.2, 0.25) is 0 Å². The Hall–Kier alpha value is -2.27. The van der Waals surface area contributed by atoms with Crippen LogP contribution in [0.5, 0.6) is 11.5 Å². The zero-order valence-electron chi connectivity index (χ0n) is 12.0. The molecule has 0 amide bonds. The molecule has 0 atom stereocenters. The number of carbonyl (C=O) groups is 1. The van der Waals surface area contributed by atoms with E-state index < -0.39 is 5.97 Å². The smallest absolute Gasteiger partial charge is 0.328 e. The van der Waals surface area contributed by atoms with Gasteiger partial charge in [-0.05, 0) is 41.5 Å². The lowest BCUT2D eigenvalue weighted by Gasteiger charge is -2.11. The van der Waals surface area contributed by atoms with E-state index in [-0.39, 0.29) is 0 Å². The van der Waals surface area contributed by atoms with Crippen LogP contribution in [0.4, 0.5) is 0 Å². The summed E-state index contributed by atoms with van der Waals surface area (Å²) in [7, 11) is 1.55. The third-order valence-corrected chi connectivity index (χ3v) is 3.38. The Morgan fingerprint density at radius 1 is 1.23 bits per heavy atom. The highest BCUT2D eigenvalue weighted by Crippen LogP contribution is 2.29. The van der Waals surface area contributed by atoms with Crippen molar-refractivity contribution in [1.82, 2.24) is 0 Å². The maximum Gasteiger partial charge on any atom is 0.328 e. The Kier molecular flexibility index (Phi) is 5.61. The SMILES string of the molecule is COc1cc(/C=C/C(=O)O)ccc1OCc1cccc(Br)c1. The van der Waals surface area contributed by atoms with E-state index >= 15 is 0 Å². The van der Waals surface area contributed by atoms with E-state index in [0.29, 0.717) is 18.1 Å². The highest BCUT2D eigenvalue weighted by atomic mass is 79.9. The molecule has 2 aromatic rings. The molecule has 1 N–H and O–H groups in total. The molecule has 5 heteroatoms. The first kappa shape index (κ1) is 16.1. The van der Waals surface area contributed by atoms with Gasteiger partial charge in [0.25, 0.3) is 0 Å². The molecule has 0 aliphatic rings. The largest absolute Gasteiger partial charge is 0.493 e. The molecule has 0 spiro atoms.